The van der Waals surface area contributed by atoms with Crippen LogP contribution in [0.5, 0.6) is 0 Å². The minimum absolute atomic E-state index is 0.0868. The molecule has 15 heavy (non-hydrogen) atoms. The Hall–Kier alpha value is -0.940. The maximum Gasteiger partial charge on any atom is 0.258 e. The highest BCUT2D eigenvalue weighted by molar-refractivity contribution is 9.10. The number of rotatable bonds is 1. The molecule has 1 heterocycles. The van der Waals surface area contributed by atoms with E-state index in [9.17, 15) is 9.18 Å². The number of nitrogens with zero attached hydrogens (tertiary/aromatic N) is 1. The van der Waals surface area contributed by atoms with Crippen molar-refractivity contribution in [3.05, 3.63) is 34.1 Å². The predicted molar refractivity (Wildman–Crippen MR) is 56.0 cm³/mol. The van der Waals surface area contributed by atoms with Crippen molar-refractivity contribution in [3.8, 4) is 0 Å². The van der Waals surface area contributed by atoms with Crippen LogP contribution in [0.4, 0.5) is 4.39 Å². The van der Waals surface area contributed by atoms with Crippen molar-refractivity contribution in [2.45, 2.75) is 0 Å². The summed E-state index contributed by atoms with van der Waals surface area (Å²) < 4.78 is 19.1. The fourth-order valence-electron chi connectivity index (χ4n) is 1.41. The molecule has 0 bridgehead atoms. The molecule has 0 atom stereocenters. The van der Waals surface area contributed by atoms with Gasteiger partial charge in [-0.05, 0) is 18.2 Å². The molecule has 0 aliphatic carbocycles. The molecule has 5 heteroatoms. The maximum absolute atomic E-state index is 13.4. The summed E-state index contributed by atoms with van der Waals surface area (Å²) in [5.41, 5.74) is 0.0868. The van der Waals surface area contributed by atoms with E-state index in [4.69, 9.17) is 4.74 Å². The number of carbonyl (C=O) groups is 1. The average Bonchev–Trinajstić information content (AvgIpc) is 2.69. The first-order chi connectivity index (χ1) is 7.18. The highest BCUT2D eigenvalue weighted by atomic mass is 79.9. The number of benzene rings is 1. The van der Waals surface area contributed by atoms with Gasteiger partial charge < -0.3 is 9.64 Å². The number of hydrogen-bond donors (Lipinski definition) is 0. The number of halogens is 2. The number of hydrogen-bond acceptors (Lipinski definition) is 2. The van der Waals surface area contributed by atoms with Gasteiger partial charge >= 0.3 is 0 Å². The highest BCUT2D eigenvalue weighted by Gasteiger charge is 2.22. The van der Waals surface area contributed by atoms with Gasteiger partial charge in [-0.1, -0.05) is 15.9 Å². The Bertz CT molecular complexity index is 391. The summed E-state index contributed by atoms with van der Waals surface area (Å²) in [5, 5.41) is 0. The number of carbonyl (C=O) groups excluding carboxylic acids is 1. The van der Waals surface area contributed by atoms with Crippen LogP contribution >= 0.6 is 15.9 Å². The van der Waals surface area contributed by atoms with Gasteiger partial charge in [0.25, 0.3) is 5.91 Å². The zero-order valence-corrected chi connectivity index (χ0v) is 9.46. The summed E-state index contributed by atoms with van der Waals surface area (Å²) >= 11 is 3.14. The lowest BCUT2D eigenvalue weighted by atomic mass is 10.2. The first-order valence-electron chi connectivity index (χ1n) is 4.50. The third kappa shape index (κ3) is 2.18. The molecular weight excluding hydrogens is 265 g/mol. The van der Waals surface area contributed by atoms with Crippen LogP contribution in [-0.4, -0.2) is 30.7 Å². The minimum Gasteiger partial charge on any atom is -0.359 e. The monoisotopic (exact) mass is 273 g/mol. The predicted octanol–water partition coefficient (Wildman–Crippen LogP) is 2.02. The topological polar surface area (TPSA) is 29.5 Å². The summed E-state index contributed by atoms with van der Waals surface area (Å²) in [7, 11) is 0. The van der Waals surface area contributed by atoms with Crippen molar-refractivity contribution in [1.29, 1.82) is 0 Å². The fraction of sp³-hybridized carbons (Fsp3) is 0.300. The third-order valence-electron chi connectivity index (χ3n) is 2.20. The van der Waals surface area contributed by atoms with E-state index < -0.39 is 5.82 Å². The zero-order valence-electron chi connectivity index (χ0n) is 7.87. The summed E-state index contributed by atoms with van der Waals surface area (Å²) in [6.45, 7) is 1.28. The van der Waals surface area contributed by atoms with Gasteiger partial charge in [-0.15, -0.1) is 0 Å². The van der Waals surface area contributed by atoms with Gasteiger partial charge in [-0.3, -0.25) is 4.79 Å². The van der Waals surface area contributed by atoms with E-state index in [2.05, 4.69) is 15.9 Å². The fourth-order valence-corrected chi connectivity index (χ4v) is 1.74. The van der Waals surface area contributed by atoms with Crippen molar-refractivity contribution >= 4 is 21.8 Å². The molecule has 80 valence electrons. The normalized spacial score (nSPS) is 15.7. The molecule has 0 radical (unpaired) electrons. The third-order valence-corrected chi connectivity index (χ3v) is 2.69. The van der Waals surface area contributed by atoms with Crippen molar-refractivity contribution in [2.75, 3.05) is 19.9 Å². The molecule has 0 unspecified atom stereocenters. The molecule has 1 aromatic carbocycles. The van der Waals surface area contributed by atoms with Crippen molar-refractivity contribution < 1.29 is 13.9 Å². The van der Waals surface area contributed by atoms with Crippen LogP contribution in [-0.2, 0) is 4.74 Å². The molecule has 0 aromatic heterocycles. The molecule has 1 aliphatic rings. The largest absolute Gasteiger partial charge is 0.359 e. The molecule has 0 N–H and O–H groups in total. The van der Waals surface area contributed by atoms with Gasteiger partial charge in [0.15, 0.2) is 0 Å². The number of ether oxygens (including phenoxy) is 1. The quantitative estimate of drug-likeness (QED) is 0.784. The van der Waals surface area contributed by atoms with Gasteiger partial charge in [0.05, 0.1) is 12.2 Å². The Morgan fingerprint density at radius 3 is 2.93 bits per heavy atom. The molecule has 0 spiro atoms. The summed E-state index contributed by atoms with van der Waals surface area (Å²) in [4.78, 5) is 13.2. The van der Waals surface area contributed by atoms with E-state index in [0.29, 0.717) is 17.6 Å². The van der Waals surface area contributed by atoms with Crippen LogP contribution < -0.4 is 0 Å². The van der Waals surface area contributed by atoms with Crippen LogP contribution in [0.2, 0.25) is 0 Å². The van der Waals surface area contributed by atoms with E-state index in [1.165, 1.54) is 17.0 Å². The van der Waals surface area contributed by atoms with E-state index in [0.717, 1.165) is 0 Å². The second-order valence-corrected chi connectivity index (χ2v) is 4.15. The minimum atomic E-state index is -0.513. The summed E-state index contributed by atoms with van der Waals surface area (Å²) in [6, 6.07) is 4.40. The van der Waals surface area contributed by atoms with E-state index >= 15 is 0 Å². The molecule has 3 nitrogen and oxygen atoms in total. The van der Waals surface area contributed by atoms with Crippen LogP contribution in [0, 0.1) is 5.82 Å². The molecular formula is C10H9BrFNO2. The first kappa shape index (κ1) is 10.6. The standard InChI is InChI=1S/C10H9BrFNO2/c11-7-1-2-8(9(12)5-7)10(14)13-3-4-15-6-13/h1-2,5H,3-4,6H2. The lowest BCUT2D eigenvalue weighted by molar-refractivity contribution is 0.0690. The van der Waals surface area contributed by atoms with Gasteiger partial charge in [0.1, 0.15) is 12.5 Å². The van der Waals surface area contributed by atoms with Crippen LogP contribution in [0.3, 0.4) is 0 Å². The lowest BCUT2D eigenvalue weighted by Crippen LogP contribution is -2.28. The Morgan fingerprint density at radius 2 is 2.33 bits per heavy atom. The SMILES string of the molecule is O=C(c1ccc(Br)cc1F)N1CCOC1. The van der Waals surface area contributed by atoms with Crippen molar-refractivity contribution in [1.82, 2.24) is 4.90 Å². The van der Waals surface area contributed by atoms with Crippen molar-refractivity contribution in [3.63, 3.8) is 0 Å². The molecule has 1 fully saturated rings. The summed E-state index contributed by atoms with van der Waals surface area (Å²) in [6.07, 6.45) is 0. The van der Waals surface area contributed by atoms with E-state index in [-0.39, 0.29) is 18.2 Å². The van der Waals surface area contributed by atoms with Gasteiger partial charge in [0.2, 0.25) is 0 Å². The van der Waals surface area contributed by atoms with Crippen LogP contribution in [0.25, 0.3) is 0 Å². The van der Waals surface area contributed by atoms with Crippen molar-refractivity contribution in [2.24, 2.45) is 0 Å². The van der Waals surface area contributed by atoms with E-state index in [1.807, 2.05) is 0 Å². The molecule has 2 rings (SSSR count). The Labute approximate surface area is 95.0 Å². The smallest absolute Gasteiger partial charge is 0.258 e. The molecule has 1 aromatic rings. The van der Waals surface area contributed by atoms with Gasteiger partial charge in [0, 0.05) is 11.0 Å². The molecule has 1 aliphatic heterocycles. The molecule has 1 amide bonds. The van der Waals surface area contributed by atoms with E-state index in [1.54, 1.807) is 6.07 Å². The second kappa shape index (κ2) is 4.28. The Balaban J connectivity index is 2.24. The Kier molecular flexibility index (Phi) is 3.02. The second-order valence-electron chi connectivity index (χ2n) is 3.23. The highest BCUT2D eigenvalue weighted by Crippen LogP contribution is 2.17. The Morgan fingerprint density at radius 1 is 1.53 bits per heavy atom. The summed E-state index contributed by atoms with van der Waals surface area (Å²) in [5.74, 6) is -0.834. The number of amides is 1. The maximum atomic E-state index is 13.4. The van der Waals surface area contributed by atoms with Crippen LogP contribution in [0.15, 0.2) is 22.7 Å². The average molecular weight is 274 g/mol. The van der Waals surface area contributed by atoms with Gasteiger partial charge in [-0.25, -0.2) is 4.39 Å². The first-order valence-corrected chi connectivity index (χ1v) is 5.30. The zero-order chi connectivity index (χ0) is 10.8. The lowest BCUT2D eigenvalue weighted by Gasteiger charge is -2.13. The molecule has 1 saturated heterocycles. The van der Waals surface area contributed by atoms with Crippen LogP contribution in [0.1, 0.15) is 10.4 Å². The molecule has 0 saturated carbocycles. The van der Waals surface area contributed by atoms with Gasteiger partial charge in [-0.2, -0.15) is 0 Å².